The van der Waals surface area contributed by atoms with Gasteiger partial charge in [-0.3, -0.25) is 4.79 Å². The molecule has 21 heavy (non-hydrogen) atoms. The van der Waals surface area contributed by atoms with Gasteiger partial charge in [0.1, 0.15) is 0 Å². The second kappa shape index (κ2) is 6.63. The lowest BCUT2D eigenvalue weighted by atomic mass is 10.1. The summed E-state index contributed by atoms with van der Waals surface area (Å²) in [6.07, 6.45) is 0. The molecule has 0 aliphatic rings. The number of carbonyl (C=O) groups excluding carboxylic acids is 1. The molecule has 1 N–H and O–H groups in total. The fourth-order valence-corrected chi connectivity index (χ4v) is 2.58. The number of anilines is 1. The van der Waals surface area contributed by atoms with E-state index in [1.807, 2.05) is 31.2 Å². The van der Waals surface area contributed by atoms with Crippen LogP contribution in [0.1, 0.15) is 15.9 Å². The third-order valence-electron chi connectivity index (χ3n) is 2.97. The Kier molecular flexibility index (Phi) is 4.85. The van der Waals surface area contributed by atoms with E-state index in [-0.39, 0.29) is 5.91 Å². The Bertz CT molecular complexity index is 671. The third-order valence-corrected chi connectivity index (χ3v) is 3.56. The SMILES string of the molecule is COc1cc(C(=O)Nc2cccc(C)c2)cc(Br)c1OC. The van der Waals surface area contributed by atoms with Crippen LogP contribution in [-0.4, -0.2) is 20.1 Å². The minimum absolute atomic E-state index is 0.206. The second-order valence-electron chi connectivity index (χ2n) is 4.52. The Hall–Kier alpha value is -2.01. The fourth-order valence-electron chi connectivity index (χ4n) is 1.98. The average Bonchev–Trinajstić information content (AvgIpc) is 2.46. The van der Waals surface area contributed by atoms with Crippen LogP contribution >= 0.6 is 15.9 Å². The van der Waals surface area contributed by atoms with Gasteiger partial charge in [-0.1, -0.05) is 12.1 Å². The highest BCUT2D eigenvalue weighted by Gasteiger charge is 2.15. The first kappa shape index (κ1) is 15.4. The number of methoxy groups -OCH3 is 2. The van der Waals surface area contributed by atoms with Crippen molar-refractivity contribution in [1.82, 2.24) is 0 Å². The first-order valence-corrected chi connectivity index (χ1v) is 7.14. The minimum atomic E-state index is -0.206. The summed E-state index contributed by atoms with van der Waals surface area (Å²) in [6, 6.07) is 11.0. The lowest BCUT2D eigenvalue weighted by Gasteiger charge is -2.12. The smallest absolute Gasteiger partial charge is 0.255 e. The van der Waals surface area contributed by atoms with Gasteiger partial charge in [0.05, 0.1) is 18.7 Å². The maximum Gasteiger partial charge on any atom is 0.255 e. The van der Waals surface area contributed by atoms with Gasteiger partial charge in [-0.2, -0.15) is 0 Å². The van der Waals surface area contributed by atoms with E-state index >= 15 is 0 Å². The molecular formula is C16H16BrNO3. The summed E-state index contributed by atoms with van der Waals surface area (Å²) in [7, 11) is 3.08. The molecule has 0 aliphatic heterocycles. The molecule has 1 amide bonds. The number of hydrogen-bond acceptors (Lipinski definition) is 3. The topological polar surface area (TPSA) is 47.6 Å². The van der Waals surface area contributed by atoms with E-state index in [1.165, 1.54) is 7.11 Å². The molecule has 0 radical (unpaired) electrons. The maximum atomic E-state index is 12.3. The molecule has 110 valence electrons. The standard InChI is InChI=1S/C16H16BrNO3/c1-10-5-4-6-12(7-10)18-16(19)11-8-13(17)15(21-3)14(9-11)20-2/h4-9H,1-3H3,(H,18,19). The zero-order chi connectivity index (χ0) is 15.4. The number of nitrogens with one attached hydrogen (secondary N) is 1. The van der Waals surface area contributed by atoms with Crippen LogP contribution in [0.3, 0.4) is 0 Å². The van der Waals surface area contributed by atoms with Gasteiger partial charge in [0.15, 0.2) is 11.5 Å². The Morgan fingerprint density at radius 2 is 1.90 bits per heavy atom. The lowest BCUT2D eigenvalue weighted by Crippen LogP contribution is -2.12. The van der Waals surface area contributed by atoms with Crippen molar-refractivity contribution in [2.24, 2.45) is 0 Å². The van der Waals surface area contributed by atoms with E-state index in [9.17, 15) is 4.79 Å². The van der Waals surface area contributed by atoms with Crippen molar-refractivity contribution in [2.75, 3.05) is 19.5 Å². The van der Waals surface area contributed by atoms with Crippen LogP contribution in [0.2, 0.25) is 0 Å². The minimum Gasteiger partial charge on any atom is -0.493 e. The van der Waals surface area contributed by atoms with Gasteiger partial charge >= 0.3 is 0 Å². The fraction of sp³-hybridized carbons (Fsp3) is 0.188. The third kappa shape index (κ3) is 3.55. The van der Waals surface area contributed by atoms with Crippen LogP contribution in [0.15, 0.2) is 40.9 Å². The molecule has 0 aromatic heterocycles. The highest BCUT2D eigenvalue weighted by atomic mass is 79.9. The van der Waals surface area contributed by atoms with Crippen LogP contribution in [0.4, 0.5) is 5.69 Å². The normalized spacial score (nSPS) is 10.1. The molecule has 0 saturated carbocycles. The van der Waals surface area contributed by atoms with E-state index in [0.717, 1.165) is 11.3 Å². The van der Waals surface area contributed by atoms with Crippen LogP contribution in [0.25, 0.3) is 0 Å². The zero-order valence-corrected chi connectivity index (χ0v) is 13.7. The molecule has 2 rings (SSSR count). The molecule has 0 fully saturated rings. The molecule has 0 spiro atoms. The maximum absolute atomic E-state index is 12.3. The zero-order valence-electron chi connectivity index (χ0n) is 12.1. The van der Waals surface area contributed by atoms with Gasteiger partial charge in [0.25, 0.3) is 5.91 Å². The predicted octanol–water partition coefficient (Wildman–Crippen LogP) is 4.03. The van der Waals surface area contributed by atoms with Gasteiger partial charge in [-0.25, -0.2) is 0 Å². The molecule has 2 aromatic rings. The molecule has 0 bridgehead atoms. The number of hydrogen-bond donors (Lipinski definition) is 1. The molecule has 5 heteroatoms. The van der Waals surface area contributed by atoms with E-state index in [2.05, 4.69) is 21.2 Å². The molecule has 4 nitrogen and oxygen atoms in total. The number of carbonyl (C=O) groups is 1. The van der Waals surface area contributed by atoms with E-state index in [4.69, 9.17) is 9.47 Å². The largest absolute Gasteiger partial charge is 0.493 e. The summed E-state index contributed by atoms with van der Waals surface area (Å²) in [6.45, 7) is 1.97. The van der Waals surface area contributed by atoms with Crippen molar-refractivity contribution in [2.45, 2.75) is 6.92 Å². The number of amides is 1. The Labute approximate surface area is 132 Å². The molecule has 0 saturated heterocycles. The summed E-state index contributed by atoms with van der Waals surface area (Å²) in [4.78, 5) is 12.3. The summed E-state index contributed by atoms with van der Waals surface area (Å²) in [5.41, 5.74) is 2.33. The summed E-state index contributed by atoms with van der Waals surface area (Å²) >= 11 is 3.38. The highest BCUT2D eigenvalue weighted by Crippen LogP contribution is 2.36. The second-order valence-corrected chi connectivity index (χ2v) is 5.37. The van der Waals surface area contributed by atoms with Crippen LogP contribution < -0.4 is 14.8 Å². The van der Waals surface area contributed by atoms with Gasteiger partial charge in [0, 0.05) is 11.3 Å². The Balaban J connectivity index is 2.29. The monoisotopic (exact) mass is 349 g/mol. The molecular weight excluding hydrogens is 334 g/mol. The molecule has 2 aromatic carbocycles. The average molecular weight is 350 g/mol. The van der Waals surface area contributed by atoms with Crippen molar-refractivity contribution in [1.29, 1.82) is 0 Å². The number of halogens is 1. The lowest BCUT2D eigenvalue weighted by molar-refractivity contribution is 0.102. The van der Waals surface area contributed by atoms with Crippen molar-refractivity contribution in [3.05, 3.63) is 52.0 Å². The van der Waals surface area contributed by atoms with Gasteiger partial charge in [-0.15, -0.1) is 0 Å². The van der Waals surface area contributed by atoms with Crippen molar-refractivity contribution in [3.8, 4) is 11.5 Å². The Morgan fingerprint density at radius 3 is 2.52 bits per heavy atom. The molecule has 0 aliphatic carbocycles. The summed E-state index contributed by atoms with van der Waals surface area (Å²) < 4.78 is 11.1. The molecule has 0 unspecified atom stereocenters. The molecule has 0 atom stereocenters. The van der Waals surface area contributed by atoms with Crippen molar-refractivity contribution < 1.29 is 14.3 Å². The number of aryl methyl sites for hydroxylation is 1. The van der Waals surface area contributed by atoms with Crippen LogP contribution in [-0.2, 0) is 0 Å². The van der Waals surface area contributed by atoms with E-state index < -0.39 is 0 Å². The van der Waals surface area contributed by atoms with Crippen molar-refractivity contribution >= 4 is 27.5 Å². The van der Waals surface area contributed by atoms with Crippen LogP contribution in [0, 0.1) is 6.92 Å². The van der Waals surface area contributed by atoms with Crippen molar-refractivity contribution in [3.63, 3.8) is 0 Å². The van der Waals surface area contributed by atoms with Gasteiger partial charge in [-0.05, 0) is 52.7 Å². The van der Waals surface area contributed by atoms with Gasteiger partial charge in [0.2, 0.25) is 0 Å². The summed E-state index contributed by atoms with van der Waals surface area (Å²) in [5, 5.41) is 2.86. The highest BCUT2D eigenvalue weighted by molar-refractivity contribution is 9.10. The van der Waals surface area contributed by atoms with Crippen LogP contribution in [0.5, 0.6) is 11.5 Å². The number of ether oxygens (including phenoxy) is 2. The van der Waals surface area contributed by atoms with E-state index in [0.29, 0.717) is 21.5 Å². The quantitative estimate of drug-likeness (QED) is 0.906. The summed E-state index contributed by atoms with van der Waals surface area (Å²) in [5.74, 6) is 0.855. The Morgan fingerprint density at radius 1 is 1.14 bits per heavy atom. The first-order valence-electron chi connectivity index (χ1n) is 6.34. The first-order chi connectivity index (χ1) is 10.0. The predicted molar refractivity (Wildman–Crippen MR) is 86.4 cm³/mol. The number of benzene rings is 2. The number of rotatable bonds is 4. The van der Waals surface area contributed by atoms with Gasteiger partial charge < -0.3 is 14.8 Å². The van der Waals surface area contributed by atoms with E-state index in [1.54, 1.807) is 19.2 Å². The molecule has 0 heterocycles.